The zero-order valence-electron chi connectivity index (χ0n) is 13.6. The predicted molar refractivity (Wildman–Crippen MR) is 86.4 cm³/mol. The van der Waals surface area contributed by atoms with Crippen molar-refractivity contribution in [2.75, 3.05) is 26.3 Å². The van der Waals surface area contributed by atoms with Crippen LogP contribution in [-0.4, -0.2) is 37.9 Å². The van der Waals surface area contributed by atoms with Crippen LogP contribution in [0.1, 0.15) is 64.7 Å². The van der Waals surface area contributed by atoms with Gasteiger partial charge in [-0.2, -0.15) is 0 Å². The molecule has 0 atom stereocenters. The summed E-state index contributed by atoms with van der Waals surface area (Å²) < 4.78 is 5.43. The van der Waals surface area contributed by atoms with E-state index in [0.717, 1.165) is 32.6 Å². The fourth-order valence-electron chi connectivity index (χ4n) is 2.87. The van der Waals surface area contributed by atoms with Crippen LogP contribution in [-0.2, 0) is 4.74 Å². The number of unbranched alkanes of at least 4 members (excludes halogenated alkanes) is 6. The van der Waals surface area contributed by atoms with Gasteiger partial charge in [-0.15, -0.1) is 0 Å². The molecule has 0 aromatic carbocycles. The largest absolute Gasteiger partial charge is 0.381 e. The maximum atomic E-state index is 10.9. The lowest BCUT2D eigenvalue weighted by molar-refractivity contribution is 0.0390. The van der Waals surface area contributed by atoms with Crippen molar-refractivity contribution >= 4 is 6.03 Å². The minimum absolute atomic E-state index is 0.0323. The fourth-order valence-corrected chi connectivity index (χ4v) is 2.87. The molecule has 1 aliphatic rings. The second kappa shape index (κ2) is 10.9. The van der Waals surface area contributed by atoms with Gasteiger partial charge in [0.2, 0.25) is 0 Å². The summed E-state index contributed by atoms with van der Waals surface area (Å²) in [6.07, 6.45) is 11.1. The van der Waals surface area contributed by atoms with E-state index in [4.69, 9.17) is 10.5 Å². The summed E-state index contributed by atoms with van der Waals surface area (Å²) in [5.41, 5.74) is 5.16. The Kier molecular flexibility index (Phi) is 9.42. The highest BCUT2D eigenvalue weighted by Gasteiger charge is 2.31. The smallest absolute Gasteiger partial charge is 0.312 e. The van der Waals surface area contributed by atoms with Gasteiger partial charge in [0.05, 0.1) is 0 Å². The molecule has 0 saturated carbocycles. The fraction of sp³-hybridized carbons (Fsp3) is 0.938. The van der Waals surface area contributed by atoms with Crippen LogP contribution in [0.15, 0.2) is 0 Å². The van der Waals surface area contributed by atoms with Gasteiger partial charge >= 0.3 is 6.03 Å². The van der Waals surface area contributed by atoms with E-state index in [2.05, 4.69) is 17.6 Å². The third-order valence-corrected chi connectivity index (χ3v) is 4.33. The molecule has 1 saturated heterocycles. The molecule has 5 heteroatoms. The molecule has 0 aliphatic carbocycles. The van der Waals surface area contributed by atoms with E-state index < -0.39 is 6.03 Å². The van der Waals surface area contributed by atoms with Gasteiger partial charge < -0.3 is 21.1 Å². The minimum Gasteiger partial charge on any atom is -0.381 e. The summed E-state index contributed by atoms with van der Waals surface area (Å²) >= 11 is 0. The van der Waals surface area contributed by atoms with Crippen LogP contribution in [0, 0.1) is 0 Å². The van der Waals surface area contributed by atoms with E-state index in [1.807, 2.05) is 0 Å². The number of nitrogens with two attached hydrogens (primary N) is 1. The van der Waals surface area contributed by atoms with Crippen LogP contribution in [0.2, 0.25) is 0 Å². The molecule has 21 heavy (non-hydrogen) atoms. The van der Waals surface area contributed by atoms with E-state index in [1.54, 1.807) is 0 Å². The maximum Gasteiger partial charge on any atom is 0.312 e. The Morgan fingerprint density at radius 2 is 1.71 bits per heavy atom. The van der Waals surface area contributed by atoms with Crippen molar-refractivity contribution in [3.05, 3.63) is 0 Å². The summed E-state index contributed by atoms with van der Waals surface area (Å²) in [5, 5.41) is 6.39. The van der Waals surface area contributed by atoms with Crippen LogP contribution >= 0.6 is 0 Å². The highest BCUT2D eigenvalue weighted by Crippen LogP contribution is 2.20. The third-order valence-electron chi connectivity index (χ3n) is 4.33. The molecule has 1 heterocycles. The highest BCUT2D eigenvalue weighted by atomic mass is 16.5. The van der Waals surface area contributed by atoms with E-state index in [1.165, 1.54) is 44.9 Å². The number of carbonyl (C=O) groups excluding carboxylic acids is 1. The number of rotatable bonds is 11. The Morgan fingerprint density at radius 3 is 2.33 bits per heavy atom. The van der Waals surface area contributed by atoms with Gasteiger partial charge in [-0.05, 0) is 25.8 Å². The Morgan fingerprint density at radius 1 is 1.10 bits per heavy atom. The minimum atomic E-state index is -0.446. The van der Waals surface area contributed by atoms with Crippen molar-refractivity contribution in [2.45, 2.75) is 70.3 Å². The van der Waals surface area contributed by atoms with Gasteiger partial charge in [0.1, 0.15) is 0 Å². The maximum absolute atomic E-state index is 10.9. The summed E-state index contributed by atoms with van der Waals surface area (Å²) in [6, 6.07) is -0.446. The Bertz CT molecular complexity index is 279. The summed E-state index contributed by atoms with van der Waals surface area (Å²) in [5.74, 6) is 0. The van der Waals surface area contributed by atoms with Gasteiger partial charge in [0, 0.05) is 25.3 Å². The predicted octanol–water partition coefficient (Wildman–Crippen LogP) is 2.54. The molecule has 0 spiro atoms. The molecule has 2 amide bonds. The number of nitrogens with one attached hydrogen (secondary N) is 2. The van der Waals surface area contributed by atoms with Gasteiger partial charge in [-0.25, -0.2) is 4.79 Å². The molecule has 0 aromatic heterocycles. The van der Waals surface area contributed by atoms with Gasteiger partial charge in [-0.3, -0.25) is 0 Å². The molecule has 5 nitrogen and oxygen atoms in total. The number of hydrogen-bond donors (Lipinski definition) is 3. The van der Waals surface area contributed by atoms with Crippen LogP contribution < -0.4 is 16.4 Å². The van der Waals surface area contributed by atoms with Gasteiger partial charge in [0.15, 0.2) is 0 Å². The Balaban J connectivity index is 2.16. The van der Waals surface area contributed by atoms with Crippen molar-refractivity contribution in [3.63, 3.8) is 0 Å². The van der Waals surface area contributed by atoms with Crippen LogP contribution in [0.3, 0.4) is 0 Å². The van der Waals surface area contributed by atoms with Crippen molar-refractivity contribution < 1.29 is 9.53 Å². The average molecular weight is 299 g/mol. The van der Waals surface area contributed by atoms with Crippen molar-refractivity contribution in [1.29, 1.82) is 0 Å². The van der Waals surface area contributed by atoms with Crippen molar-refractivity contribution in [3.8, 4) is 0 Å². The molecule has 1 fully saturated rings. The van der Waals surface area contributed by atoms with Crippen molar-refractivity contribution in [2.24, 2.45) is 5.73 Å². The first-order valence-electron chi connectivity index (χ1n) is 8.55. The van der Waals surface area contributed by atoms with Crippen LogP contribution in [0.4, 0.5) is 4.79 Å². The number of urea groups is 1. The van der Waals surface area contributed by atoms with Crippen molar-refractivity contribution in [1.82, 2.24) is 10.6 Å². The number of amides is 2. The second-order valence-corrected chi connectivity index (χ2v) is 6.16. The first-order chi connectivity index (χ1) is 10.2. The quantitative estimate of drug-likeness (QED) is 0.513. The van der Waals surface area contributed by atoms with Crippen LogP contribution in [0.25, 0.3) is 0 Å². The van der Waals surface area contributed by atoms with E-state index >= 15 is 0 Å². The molecule has 124 valence electrons. The normalized spacial score (nSPS) is 17.6. The third kappa shape index (κ3) is 8.27. The second-order valence-electron chi connectivity index (χ2n) is 6.16. The number of carbonyl (C=O) groups is 1. The summed E-state index contributed by atoms with van der Waals surface area (Å²) in [6.45, 7) is 5.36. The Labute approximate surface area is 129 Å². The number of ether oxygens (including phenoxy) is 1. The molecule has 0 bridgehead atoms. The van der Waals surface area contributed by atoms with Gasteiger partial charge in [0.25, 0.3) is 0 Å². The van der Waals surface area contributed by atoms with E-state index in [9.17, 15) is 4.79 Å². The topological polar surface area (TPSA) is 76.4 Å². The lowest BCUT2D eigenvalue weighted by atomic mass is 9.89. The molecule has 0 unspecified atom stereocenters. The Hall–Kier alpha value is -0.810. The lowest BCUT2D eigenvalue weighted by Gasteiger charge is -2.38. The summed E-state index contributed by atoms with van der Waals surface area (Å²) in [4.78, 5) is 10.9. The monoisotopic (exact) mass is 299 g/mol. The molecule has 1 aliphatic heterocycles. The van der Waals surface area contributed by atoms with E-state index in [-0.39, 0.29) is 5.54 Å². The van der Waals surface area contributed by atoms with Gasteiger partial charge in [-0.1, -0.05) is 45.4 Å². The number of primary amides is 1. The zero-order chi connectivity index (χ0) is 15.4. The molecule has 0 radical (unpaired) electrons. The average Bonchev–Trinajstić information content (AvgIpc) is 2.49. The lowest BCUT2D eigenvalue weighted by Crippen LogP contribution is -2.57. The first-order valence-corrected chi connectivity index (χ1v) is 8.55. The standard InChI is InChI=1S/C16H33N3O2/c1-2-3-4-5-6-7-8-11-19-16(14-18-15(17)20)9-12-21-13-10-16/h19H,2-14H2,1H3,(H3,17,18,20). The zero-order valence-corrected chi connectivity index (χ0v) is 13.6. The first kappa shape index (κ1) is 18.2. The highest BCUT2D eigenvalue weighted by molar-refractivity contribution is 5.71. The molecular weight excluding hydrogens is 266 g/mol. The number of hydrogen-bond acceptors (Lipinski definition) is 3. The van der Waals surface area contributed by atoms with Crippen LogP contribution in [0.5, 0.6) is 0 Å². The summed E-state index contributed by atoms with van der Waals surface area (Å²) in [7, 11) is 0. The molecular formula is C16H33N3O2. The van der Waals surface area contributed by atoms with E-state index in [0.29, 0.717) is 6.54 Å². The molecule has 0 aromatic rings. The molecule has 1 rings (SSSR count). The SMILES string of the molecule is CCCCCCCCCNC1(CNC(N)=O)CCOCC1. The molecule has 4 N–H and O–H groups in total.